The lowest BCUT2D eigenvalue weighted by molar-refractivity contribution is 0.312. The smallest absolute Gasteiger partial charge is 0.265 e. The molecule has 0 saturated carbocycles. The van der Waals surface area contributed by atoms with Gasteiger partial charge in [0.05, 0.1) is 12.3 Å². The zero-order valence-corrected chi connectivity index (χ0v) is 19.0. The Kier molecular flexibility index (Phi) is 6.57. The van der Waals surface area contributed by atoms with Crippen molar-refractivity contribution in [3.8, 4) is 17.0 Å². The van der Waals surface area contributed by atoms with Gasteiger partial charge in [0.2, 0.25) is 0 Å². The third kappa shape index (κ3) is 5.00. The molecule has 0 radical (unpaired) electrons. The molecule has 8 nitrogen and oxygen atoms in total. The number of benzene rings is 2. The van der Waals surface area contributed by atoms with Crippen molar-refractivity contribution in [1.82, 2.24) is 15.1 Å². The van der Waals surface area contributed by atoms with Gasteiger partial charge in [-0.15, -0.1) is 10.2 Å². The van der Waals surface area contributed by atoms with E-state index in [1.807, 2.05) is 31.2 Å². The molecule has 4 rings (SSSR count). The fraction of sp³-hybridized carbons (Fsp3) is 0.304. The molecular formula is C23H27N5O3S. The molecule has 0 aliphatic carbocycles. The van der Waals surface area contributed by atoms with Crippen LogP contribution in [0, 0.1) is 0 Å². The van der Waals surface area contributed by atoms with Gasteiger partial charge in [-0.1, -0.05) is 24.3 Å². The molecule has 0 spiro atoms. The van der Waals surface area contributed by atoms with Gasteiger partial charge in [0.25, 0.3) is 10.0 Å². The number of nitrogens with zero attached hydrogens (tertiary/aromatic N) is 4. The van der Waals surface area contributed by atoms with E-state index in [4.69, 9.17) is 4.74 Å². The number of hydrogen-bond donors (Lipinski definition) is 1. The Balaban J connectivity index is 1.46. The van der Waals surface area contributed by atoms with Crippen molar-refractivity contribution >= 4 is 21.5 Å². The van der Waals surface area contributed by atoms with E-state index in [0.717, 1.165) is 43.3 Å². The number of aromatic nitrogens is 2. The number of nitrogens with one attached hydrogen (secondary N) is 1. The maximum Gasteiger partial charge on any atom is 0.265 e. The lowest BCUT2D eigenvalue weighted by Gasteiger charge is -2.32. The molecule has 1 fully saturated rings. The highest BCUT2D eigenvalue weighted by molar-refractivity contribution is 7.92. The van der Waals surface area contributed by atoms with Crippen LogP contribution in [0.15, 0.2) is 65.6 Å². The Morgan fingerprint density at radius 3 is 2.31 bits per heavy atom. The van der Waals surface area contributed by atoms with Gasteiger partial charge in [-0.25, -0.2) is 8.42 Å². The number of ether oxygens (including phenoxy) is 1. The van der Waals surface area contributed by atoms with Crippen molar-refractivity contribution in [2.75, 3.05) is 49.5 Å². The molecular weight excluding hydrogens is 426 g/mol. The standard InChI is InChI=1S/C23H27N5O3S/c1-3-31-21-6-4-5-7-22(21)32(29,30)26-19-10-8-18(9-11-19)20-12-13-23(25-24-20)28-16-14-27(2)15-17-28/h4-13,26H,3,14-17H2,1-2H3. The SMILES string of the molecule is CCOc1ccccc1S(=O)(=O)Nc1ccc(-c2ccc(N3CCN(C)CC3)nn2)cc1. The van der Waals surface area contributed by atoms with Crippen LogP contribution in [0.5, 0.6) is 5.75 Å². The maximum absolute atomic E-state index is 12.8. The van der Waals surface area contributed by atoms with Crippen molar-refractivity contribution in [2.45, 2.75) is 11.8 Å². The fourth-order valence-electron chi connectivity index (χ4n) is 3.55. The van der Waals surface area contributed by atoms with Crippen LogP contribution in [0.2, 0.25) is 0 Å². The first-order chi connectivity index (χ1) is 15.5. The molecule has 0 amide bonds. The molecule has 0 atom stereocenters. The molecule has 0 unspecified atom stereocenters. The van der Waals surface area contributed by atoms with E-state index in [-0.39, 0.29) is 4.90 Å². The summed E-state index contributed by atoms with van der Waals surface area (Å²) in [5.41, 5.74) is 2.06. The number of rotatable bonds is 7. The molecule has 3 aromatic rings. The molecule has 1 aliphatic heterocycles. The Bertz CT molecular complexity index is 1140. The second-order valence-electron chi connectivity index (χ2n) is 7.63. The molecule has 1 saturated heterocycles. The third-order valence-corrected chi connectivity index (χ3v) is 6.77. The monoisotopic (exact) mass is 453 g/mol. The van der Waals surface area contributed by atoms with Gasteiger partial charge >= 0.3 is 0 Å². The van der Waals surface area contributed by atoms with Crippen LogP contribution in [-0.4, -0.2) is 63.3 Å². The quantitative estimate of drug-likeness (QED) is 0.588. The van der Waals surface area contributed by atoms with E-state index in [2.05, 4.69) is 31.8 Å². The molecule has 168 valence electrons. The van der Waals surface area contributed by atoms with Gasteiger partial charge < -0.3 is 14.5 Å². The summed E-state index contributed by atoms with van der Waals surface area (Å²) < 4.78 is 33.7. The van der Waals surface area contributed by atoms with Gasteiger partial charge in [0.1, 0.15) is 10.6 Å². The number of hydrogen-bond acceptors (Lipinski definition) is 7. The minimum absolute atomic E-state index is 0.108. The van der Waals surface area contributed by atoms with Crippen molar-refractivity contribution in [3.05, 3.63) is 60.7 Å². The van der Waals surface area contributed by atoms with Crippen LogP contribution in [0.4, 0.5) is 11.5 Å². The Hall–Kier alpha value is -3.17. The molecule has 9 heteroatoms. The molecule has 2 aromatic carbocycles. The van der Waals surface area contributed by atoms with Crippen molar-refractivity contribution in [3.63, 3.8) is 0 Å². The molecule has 32 heavy (non-hydrogen) atoms. The lowest BCUT2D eigenvalue weighted by Crippen LogP contribution is -2.44. The zero-order valence-electron chi connectivity index (χ0n) is 18.2. The molecule has 2 heterocycles. The minimum atomic E-state index is -3.78. The Morgan fingerprint density at radius 1 is 0.938 bits per heavy atom. The Morgan fingerprint density at radius 2 is 1.66 bits per heavy atom. The summed E-state index contributed by atoms with van der Waals surface area (Å²) in [6, 6.07) is 17.6. The van der Waals surface area contributed by atoms with Crippen LogP contribution >= 0.6 is 0 Å². The number of anilines is 2. The van der Waals surface area contributed by atoms with Crippen molar-refractivity contribution < 1.29 is 13.2 Å². The summed E-state index contributed by atoms with van der Waals surface area (Å²) in [5.74, 6) is 1.20. The highest BCUT2D eigenvalue weighted by atomic mass is 32.2. The molecule has 0 bridgehead atoms. The summed E-state index contributed by atoms with van der Waals surface area (Å²) in [7, 11) is -1.66. The number of likely N-dealkylation sites (N-methyl/N-ethyl adjacent to an activating group) is 1. The average molecular weight is 454 g/mol. The largest absolute Gasteiger partial charge is 0.492 e. The second-order valence-corrected chi connectivity index (χ2v) is 9.28. The first-order valence-electron chi connectivity index (χ1n) is 10.6. The van der Waals surface area contributed by atoms with E-state index in [1.54, 1.807) is 30.3 Å². The van der Waals surface area contributed by atoms with Crippen LogP contribution in [-0.2, 0) is 10.0 Å². The highest BCUT2D eigenvalue weighted by Crippen LogP contribution is 2.27. The van der Waals surface area contributed by atoms with E-state index in [1.165, 1.54) is 6.07 Å². The normalized spacial score (nSPS) is 14.9. The van der Waals surface area contributed by atoms with Crippen molar-refractivity contribution in [2.24, 2.45) is 0 Å². The predicted octanol–water partition coefficient (Wildman–Crippen LogP) is 3.09. The Labute approximate surface area is 188 Å². The van der Waals surface area contributed by atoms with Crippen LogP contribution in [0.25, 0.3) is 11.3 Å². The molecule has 1 aromatic heterocycles. The first kappa shape index (κ1) is 22.0. The van der Waals surface area contributed by atoms with E-state index < -0.39 is 10.0 Å². The lowest BCUT2D eigenvalue weighted by atomic mass is 10.1. The fourth-order valence-corrected chi connectivity index (χ4v) is 4.76. The van der Waals surface area contributed by atoms with Gasteiger partial charge in [0.15, 0.2) is 5.82 Å². The zero-order chi connectivity index (χ0) is 22.6. The topological polar surface area (TPSA) is 87.7 Å². The number of para-hydroxylation sites is 1. The summed E-state index contributed by atoms with van der Waals surface area (Å²) in [6.07, 6.45) is 0. The van der Waals surface area contributed by atoms with Crippen molar-refractivity contribution in [1.29, 1.82) is 0 Å². The van der Waals surface area contributed by atoms with Crippen LogP contribution in [0.1, 0.15) is 6.92 Å². The van der Waals surface area contributed by atoms with Gasteiger partial charge in [0, 0.05) is 37.4 Å². The van der Waals surface area contributed by atoms with E-state index in [9.17, 15) is 8.42 Å². The van der Waals surface area contributed by atoms with Crippen LogP contribution in [0.3, 0.4) is 0 Å². The summed E-state index contributed by atoms with van der Waals surface area (Å²) >= 11 is 0. The van der Waals surface area contributed by atoms with Crippen LogP contribution < -0.4 is 14.4 Å². The average Bonchev–Trinajstić information content (AvgIpc) is 2.81. The van der Waals surface area contributed by atoms with Gasteiger partial charge in [-0.2, -0.15) is 0 Å². The number of piperazine rings is 1. The van der Waals surface area contributed by atoms with Gasteiger partial charge in [-0.3, -0.25) is 4.72 Å². The minimum Gasteiger partial charge on any atom is -0.492 e. The van der Waals surface area contributed by atoms with Gasteiger partial charge in [-0.05, 0) is 50.4 Å². The summed E-state index contributed by atoms with van der Waals surface area (Å²) in [6.45, 7) is 6.09. The third-order valence-electron chi connectivity index (χ3n) is 5.35. The highest BCUT2D eigenvalue weighted by Gasteiger charge is 2.19. The summed E-state index contributed by atoms with van der Waals surface area (Å²) in [4.78, 5) is 4.63. The number of sulfonamides is 1. The first-order valence-corrected chi connectivity index (χ1v) is 12.1. The van der Waals surface area contributed by atoms with E-state index >= 15 is 0 Å². The maximum atomic E-state index is 12.8. The summed E-state index contributed by atoms with van der Waals surface area (Å²) in [5, 5.41) is 8.75. The molecule has 1 N–H and O–H groups in total. The molecule has 1 aliphatic rings. The van der Waals surface area contributed by atoms with E-state index in [0.29, 0.717) is 18.0 Å². The predicted molar refractivity (Wildman–Crippen MR) is 126 cm³/mol. The second kappa shape index (κ2) is 9.54.